The van der Waals surface area contributed by atoms with E-state index in [9.17, 15) is 24.0 Å². The lowest BCUT2D eigenvalue weighted by molar-refractivity contribution is -0.156. The van der Waals surface area contributed by atoms with Gasteiger partial charge in [0.25, 0.3) is 5.91 Å². The lowest BCUT2D eigenvalue weighted by Crippen LogP contribution is -2.43. The van der Waals surface area contributed by atoms with Crippen LogP contribution in [0.5, 0.6) is 0 Å². The fraction of sp³-hybridized carbons (Fsp3) is 0.737. The van der Waals surface area contributed by atoms with Crippen LogP contribution >= 0.6 is 0 Å². The molecule has 1 aliphatic rings. The molecule has 0 bridgehead atoms. The number of hydrogen-bond donors (Lipinski definition) is 3. The molecule has 1 aliphatic heterocycles. The molecule has 1 heterocycles. The Bertz CT molecular complexity index is 645. The minimum Gasteiger partial charge on any atom is -0.454 e. The van der Waals surface area contributed by atoms with Gasteiger partial charge >= 0.3 is 12.1 Å². The molecule has 0 aromatic heterocycles. The molecule has 0 radical (unpaired) electrons. The van der Waals surface area contributed by atoms with Gasteiger partial charge in [-0.15, -0.1) is 0 Å². The molecule has 1 fully saturated rings. The quantitative estimate of drug-likeness (QED) is 0.427. The number of hydrogen-bond acceptors (Lipinski definition) is 7. The van der Waals surface area contributed by atoms with Gasteiger partial charge in [-0.05, 0) is 33.6 Å². The van der Waals surface area contributed by atoms with Crippen LogP contribution in [0.15, 0.2) is 0 Å². The van der Waals surface area contributed by atoms with Gasteiger partial charge < -0.3 is 30.3 Å². The Kier molecular flexibility index (Phi) is 10.1. The molecule has 0 unspecified atom stereocenters. The first-order chi connectivity index (χ1) is 14.0. The normalized spacial score (nSPS) is 15.9. The standard InChI is InChI=1S/C19H32N4O7/c1-19(2,3)30-18(28)22-10-8-16(26)23-11-5-6-13(23)17(27)29-12-15(25)21-9-7-14(24)20-4/h13H,5-12H2,1-4H3,(H,20,24)(H,21,25)(H,22,28)/t13-/m0/s1. The third kappa shape index (κ3) is 9.57. The monoisotopic (exact) mass is 428 g/mol. The van der Waals surface area contributed by atoms with E-state index in [4.69, 9.17) is 9.47 Å². The molecule has 170 valence electrons. The van der Waals surface area contributed by atoms with Crippen LogP contribution < -0.4 is 16.0 Å². The lowest BCUT2D eigenvalue weighted by Gasteiger charge is -2.23. The second-order valence-corrected chi connectivity index (χ2v) is 7.80. The van der Waals surface area contributed by atoms with Gasteiger partial charge in [-0.1, -0.05) is 0 Å². The molecule has 3 N–H and O–H groups in total. The van der Waals surface area contributed by atoms with Gasteiger partial charge in [-0.25, -0.2) is 9.59 Å². The van der Waals surface area contributed by atoms with Crippen LogP contribution in [0, 0.1) is 0 Å². The Labute approximate surface area is 176 Å². The summed E-state index contributed by atoms with van der Waals surface area (Å²) in [7, 11) is 1.49. The van der Waals surface area contributed by atoms with E-state index in [0.717, 1.165) is 0 Å². The molecule has 0 saturated carbocycles. The minimum absolute atomic E-state index is 0.0169. The second kappa shape index (κ2) is 12.0. The van der Waals surface area contributed by atoms with E-state index in [1.165, 1.54) is 11.9 Å². The average molecular weight is 428 g/mol. The molecule has 30 heavy (non-hydrogen) atoms. The van der Waals surface area contributed by atoms with Gasteiger partial charge in [0.05, 0.1) is 0 Å². The van der Waals surface area contributed by atoms with Gasteiger partial charge in [0.15, 0.2) is 6.61 Å². The molecule has 11 nitrogen and oxygen atoms in total. The van der Waals surface area contributed by atoms with E-state index in [1.54, 1.807) is 20.8 Å². The largest absolute Gasteiger partial charge is 0.454 e. The number of carbonyl (C=O) groups is 5. The van der Waals surface area contributed by atoms with Gasteiger partial charge in [0, 0.05) is 39.5 Å². The summed E-state index contributed by atoms with van der Waals surface area (Å²) in [6.45, 7) is 5.35. The van der Waals surface area contributed by atoms with E-state index in [2.05, 4.69) is 16.0 Å². The Morgan fingerprint density at radius 1 is 1.00 bits per heavy atom. The van der Waals surface area contributed by atoms with Crippen molar-refractivity contribution in [1.29, 1.82) is 0 Å². The Balaban J connectivity index is 2.37. The van der Waals surface area contributed by atoms with Crippen LogP contribution in [0.1, 0.15) is 46.5 Å². The number of esters is 1. The van der Waals surface area contributed by atoms with Crippen molar-refractivity contribution in [3.05, 3.63) is 0 Å². The minimum atomic E-state index is -0.752. The maximum absolute atomic E-state index is 12.4. The Morgan fingerprint density at radius 3 is 2.30 bits per heavy atom. The molecule has 4 amide bonds. The number of carbonyl (C=O) groups excluding carboxylic acids is 5. The molecular formula is C19H32N4O7. The van der Waals surface area contributed by atoms with Gasteiger partial charge in [-0.2, -0.15) is 0 Å². The number of amides is 4. The van der Waals surface area contributed by atoms with E-state index in [0.29, 0.717) is 19.4 Å². The van der Waals surface area contributed by atoms with Crippen molar-refractivity contribution in [2.45, 2.75) is 58.1 Å². The van der Waals surface area contributed by atoms with Crippen molar-refractivity contribution in [1.82, 2.24) is 20.9 Å². The van der Waals surface area contributed by atoms with Gasteiger partial charge in [-0.3, -0.25) is 14.4 Å². The maximum Gasteiger partial charge on any atom is 0.407 e. The number of ether oxygens (including phenoxy) is 2. The van der Waals surface area contributed by atoms with Crippen molar-refractivity contribution in [3.8, 4) is 0 Å². The van der Waals surface area contributed by atoms with Crippen LogP contribution in [0.2, 0.25) is 0 Å². The number of alkyl carbamates (subject to hydrolysis) is 1. The van der Waals surface area contributed by atoms with E-state index in [-0.39, 0.29) is 37.7 Å². The fourth-order valence-electron chi connectivity index (χ4n) is 2.76. The summed E-state index contributed by atoms with van der Waals surface area (Å²) in [5, 5.41) is 7.40. The number of likely N-dealkylation sites (tertiary alicyclic amines) is 1. The molecular weight excluding hydrogens is 396 g/mol. The highest BCUT2D eigenvalue weighted by Gasteiger charge is 2.35. The van der Waals surface area contributed by atoms with Gasteiger partial charge in [0.2, 0.25) is 11.8 Å². The van der Waals surface area contributed by atoms with Crippen molar-refractivity contribution in [3.63, 3.8) is 0 Å². The number of rotatable bonds is 9. The van der Waals surface area contributed by atoms with Crippen LogP contribution in [0.25, 0.3) is 0 Å². The lowest BCUT2D eigenvalue weighted by atomic mass is 10.2. The van der Waals surface area contributed by atoms with E-state index in [1.807, 2.05) is 0 Å². The van der Waals surface area contributed by atoms with Crippen molar-refractivity contribution < 1.29 is 33.4 Å². The van der Waals surface area contributed by atoms with Gasteiger partial charge in [0.1, 0.15) is 11.6 Å². The summed E-state index contributed by atoms with van der Waals surface area (Å²) >= 11 is 0. The first-order valence-electron chi connectivity index (χ1n) is 9.93. The molecule has 0 aromatic carbocycles. The Hall–Kier alpha value is -2.85. The second-order valence-electron chi connectivity index (χ2n) is 7.80. The molecule has 0 aliphatic carbocycles. The number of nitrogens with zero attached hydrogens (tertiary/aromatic N) is 1. The van der Waals surface area contributed by atoms with Crippen LogP contribution in [-0.2, 0) is 28.7 Å². The fourth-order valence-corrected chi connectivity index (χ4v) is 2.76. The van der Waals surface area contributed by atoms with E-state index < -0.39 is 36.2 Å². The summed E-state index contributed by atoms with van der Waals surface area (Å²) in [6.07, 6.45) is 0.614. The molecule has 1 atom stereocenters. The highest BCUT2D eigenvalue weighted by Crippen LogP contribution is 2.19. The van der Waals surface area contributed by atoms with Crippen molar-refractivity contribution >= 4 is 29.8 Å². The summed E-state index contributed by atoms with van der Waals surface area (Å²) in [5.74, 6) is -1.68. The highest BCUT2D eigenvalue weighted by atomic mass is 16.6. The number of nitrogens with one attached hydrogen (secondary N) is 3. The first-order valence-corrected chi connectivity index (χ1v) is 9.93. The predicted molar refractivity (Wildman–Crippen MR) is 106 cm³/mol. The topological polar surface area (TPSA) is 143 Å². The maximum atomic E-state index is 12.4. The summed E-state index contributed by atoms with van der Waals surface area (Å²) in [4.78, 5) is 60.5. The summed E-state index contributed by atoms with van der Waals surface area (Å²) in [5.41, 5.74) is -0.632. The molecule has 1 saturated heterocycles. The smallest absolute Gasteiger partial charge is 0.407 e. The third-order valence-electron chi connectivity index (χ3n) is 4.15. The summed E-state index contributed by atoms with van der Waals surface area (Å²) < 4.78 is 10.1. The van der Waals surface area contributed by atoms with Crippen LogP contribution in [-0.4, -0.2) is 79.6 Å². The molecule has 0 spiro atoms. The highest BCUT2D eigenvalue weighted by molar-refractivity contribution is 5.87. The molecule has 11 heteroatoms. The first kappa shape index (κ1) is 25.2. The van der Waals surface area contributed by atoms with E-state index >= 15 is 0 Å². The Morgan fingerprint density at radius 2 is 1.67 bits per heavy atom. The SMILES string of the molecule is CNC(=O)CCNC(=O)COC(=O)[C@@H]1CCCN1C(=O)CCNC(=O)OC(C)(C)C. The van der Waals surface area contributed by atoms with Crippen molar-refractivity contribution in [2.24, 2.45) is 0 Å². The van der Waals surface area contributed by atoms with Crippen LogP contribution in [0.4, 0.5) is 4.79 Å². The third-order valence-corrected chi connectivity index (χ3v) is 4.15. The van der Waals surface area contributed by atoms with Crippen molar-refractivity contribution in [2.75, 3.05) is 33.3 Å². The predicted octanol–water partition coefficient (Wildman–Crippen LogP) is -0.312. The van der Waals surface area contributed by atoms with Crippen LogP contribution in [0.3, 0.4) is 0 Å². The molecule has 0 aromatic rings. The zero-order chi connectivity index (χ0) is 22.7. The molecule has 1 rings (SSSR count). The zero-order valence-electron chi connectivity index (χ0n) is 18.0. The average Bonchev–Trinajstić information content (AvgIpc) is 3.14. The zero-order valence-corrected chi connectivity index (χ0v) is 18.0. The summed E-state index contributed by atoms with van der Waals surface area (Å²) in [6, 6.07) is -0.752.